The molecule has 0 fully saturated rings. The second kappa shape index (κ2) is 5.61. The van der Waals surface area contributed by atoms with Crippen molar-refractivity contribution in [1.82, 2.24) is 0 Å². The van der Waals surface area contributed by atoms with E-state index in [0.717, 1.165) is 6.42 Å². The maximum absolute atomic E-state index is 10.7. The summed E-state index contributed by atoms with van der Waals surface area (Å²) in [6.45, 7) is 1.99. The number of terminal acetylenes is 1. The van der Waals surface area contributed by atoms with E-state index in [4.69, 9.17) is 15.9 Å². The largest absolute Gasteiger partial charge is 0.475 e. The highest BCUT2D eigenvalue weighted by Gasteiger charge is 2.16. The zero-order valence-electron chi connectivity index (χ0n) is 8.79. The maximum Gasteiger partial charge on any atom is 0.371 e. The smallest absolute Gasteiger partial charge is 0.371 e. The first kappa shape index (κ1) is 12.7. The van der Waals surface area contributed by atoms with E-state index >= 15 is 0 Å². The summed E-state index contributed by atoms with van der Waals surface area (Å²) in [5, 5.41) is 11.8. The molecule has 0 aliphatic heterocycles. The van der Waals surface area contributed by atoms with Crippen molar-refractivity contribution in [1.29, 1.82) is 0 Å². The molecule has 5 heteroatoms. The van der Waals surface area contributed by atoms with E-state index < -0.39 is 5.97 Å². The molecule has 0 aliphatic carbocycles. The Morgan fingerprint density at radius 1 is 1.81 bits per heavy atom. The van der Waals surface area contributed by atoms with Crippen LogP contribution in [0.1, 0.15) is 30.3 Å². The summed E-state index contributed by atoms with van der Waals surface area (Å²) in [6.07, 6.45) is 6.62. The number of hydrogen-bond donors (Lipinski definition) is 2. The van der Waals surface area contributed by atoms with Crippen molar-refractivity contribution in [3.05, 3.63) is 16.3 Å². The quantitative estimate of drug-likeness (QED) is 0.817. The highest BCUT2D eigenvalue weighted by molar-refractivity contribution is 9.10. The molecule has 2 N–H and O–H groups in total. The molecule has 0 saturated heterocycles. The lowest BCUT2D eigenvalue weighted by molar-refractivity contribution is 0.0663. The van der Waals surface area contributed by atoms with Gasteiger partial charge in [-0.1, -0.05) is 6.92 Å². The Bertz CT molecular complexity index is 419. The topological polar surface area (TPSA) is 62.5 Å². The van der Waals surface area contributed by atoms with Crippen molar-refractivity contribution in [2.45, 2.75) is 25.8 Å². The summed E-state index contributed by atoms with van der Waals surface area (Å²) in [7, 11) is 0. The summed E-state index contributed by atoms with van der Waals surface area (Å²) >= 11 is 3.22. The van der Waals surface area contributed by atoms with Gasteiger partial charge in [0, 0.05) is 18.5 Å². The van der Waals surface area contributed by atoms with Crippen molar-refractivity contribution in [3.63, 3.8) is 0 Å². The number of furan rings is 1. The number of carboxylic acids is 1. The van der Waals surface area contributed by atoms with Gasteiger partial charge in [0.25, 0.3) is 0 Å². The van der Waals surface area contributed by atoms with Crippen LogP contribution in [0.25, 0.3) is 0 Å². The monoisotopic (exact) mass is 285 g/mol. The first-order chi connectivity index (χ1) is 7.58. The lowest BCUT2D eigenvalue weighted by Crippen LogP contribution is -2.17. The lowest BCUT2D eigenvalue weighted by Gasteiger charge is -2.13. The maximum atomic E-state index is 10.7. The van der Waals surface area contributed by atoms with Gasteiger partial charge < -0.3 is 14.8 Å². The van der Waals surface area contributed by atoms with Crippen molar-refractivity contribution < 1.29 is 14.3 Å². The standard InChI is InChI=1S/C11H12BrNO3/c1-3-5-7(4-2)13-10-8(12)6-9(16-10)11(14)15/h1,6-7,13H,4-5H2,2H3,(H,14,15). The molecule has 4 nitrogen and oxygen atoms in total. The molecule has 0 spiro atoms. The third-order valence-corrected chi connectivity index (χ3v) is 2.68. The van der Waals surface area contributed by atoms with Gasteiger partial charge in [0.1, 0.15) is 0 Å². The predicted octanol–water partition coefficient (Wildman–Crippen LogP) is 2.95. The molecule has 0 aliphatic rings. The molecule has 86 valence electrons. The summed E-state index contributed by atoms with van der Waals surface area (Å²) in [4.78, 5) is 10.7. The second-order valence-corrected chi connectivity index (χ2v) is 4.10. The fourth-order valence-corrected chi connectivity index (χ4v) is 1.60. The Kier molecular flexibility index (Phi) is 4.44. The Hall–Kier alpha value is -1.41. The molecule has 1 heterocycles. The normalized spacial score (nSPS) is 11.8. The Balaban J connectivity index is 2.80. The van der Waals surface area contributed by atoms with E-state index in [9.17, 15) is 4.79 Å². The van der Waals surface area contributed by atoms with E-state index in [1.165, 1.54) is 6.07 Å². The molecule has 1 aromatic heterocycles. The summed E-state index contributed by atoms with van der Waals surface area (Å²) in [6, 6.07) is 1.49. The second-order valence-electron chi connectivity index (χ2n) is 3.25. The highest BCUT2D eigenvalue weighted by atomic mass is 79.9. The van der Waals surface area contributed by atoms with Crippen LogP contribution in [-0.4, -0.2) is 17.1 Å². The minimum atomic E-state index is -1.10. The number of nitrogens with one attached hydrogen (secondary N) is 1. The minimum Gasteiger partial charge on any atom is -0.475 e. The van der Waals surface area contributed by atoms with E-state index in [0.29, 0.717) is 16.8 Å². The molecule has 0 saturated carbocycles. The van der Waals surface area contributed by atoms with Crippen LogP contribution in [-0.2, 0) is 0 Å². The average molecular weight is 286 g/mol. The first-order valence-corrected chi connectivity index (χ1v) is 5.60. The predicted molar refractivity (Wildman–Crippen MR) is 64.5 cm³/mol. The SMILES string of the molecule is C#CCC(CC)Nc1oc(C(=O)O)cc1Br. The zero-order valence-corrected chi connectivity index (χ0v) is 10.4. The molecule has 1 aromatic rings. The molecule has 1 rings (SSSR count). The molecule has 0 radical (unpaired) electrons. The van der Waals surface area contributed by atoms with Gasteiger partial charge in [0.05, 0.1) is 4.47 Å². The zero-order chi connectivity index (χ0) is 12.1. The van der Waals surface area contributed by atoms with E-state index in [2.05, 4.69) is 27.2 Å². The van der Waals surface area contributed by atoms with Gasteiger partial charge in [-0.2, -0.15) is 0 Å². The van der Waals surface area contributed by atoms with Gasteiger partial charge in [-0.15, -0.1) is 12.3 Å². The van der Waals surface area contributed by atoms with Gasteiger partial charge in [-0.3, -0.25) is 0 Å². The summed E-state index contributed by atoms with van der Waals surface area (Å²) in [5.41, 5.74) is 0. The molecule has 16 heavy (non-hydrogen) atoms. The van der Waals surface area contributed by atoms with Gasteiger partial charge in [-0.25, -0.2) is 4.79 Å². The molecular weight excluding hydrogens is 274 g/mol. The molecule has 1 atom stereocenters. The summed E-state index contributed by atoms with van der Waals surface area (Å²) in [5.74, 6) is 1.75. The molecule has 1 unspecified atom stereocenters. The number of aromatic carboxylic acids is 1. The molecule has 0 aromatic carbocycles. The Morgan fingerprint density at radius 2 is 2.50 bits per heavy atom. The highest BCUT2D eigenvalue weighted by Crippen LogP contribution is 2.28. The van der Waals surface area contributed by atoms with Crippen LogP contribution in [0, 0.1) is 12.3 Å². The van der Waals surface area contributed by atoms with Crippen LogP contribution >= 0.6 is 15.9 Å². The van der Waals surface area contributed by atoms with Crippen LogP contribution in [0.15, 0.2) is 15.0 Å². The lowest BCUT2D eigenvalue weighted by atomic mass is 10.1. The van der Waals surface area contributed by atoms with Gasteiger partial charge in [0.2, 0.25) is 11.6 Å². The van der Waals surface area contributed by atoms with Crippen LogP contribution in [0.5, 0.6) is 0 Å². The minimum absolute atomic E-state index is 0.0779. The number of hydrogen-bond acceptors (Lipinski definition) is 3. The number of halogens is 1. The van der Waals surface area contributed by atoms with Crippen molar-refractivity contribution in [3.8, 4) is 12.3 Å². The van der Waals surface area contributed by atoms with E-state index in [1.807, 2.05) is 6.92 Å². The van der Waals surface area contributed by atoms with E-state index in [1.54, 1.807) is 0 Å². The number of rotatable bonds is 5. The van der Waals surface area contributed by atoms with Gasteiger partial charge >= 0.3 is 5.97 Å². The van der Waals surface area contributed by atoms with Crippen molar-refractivity contribution in [2.75, 3.05) is 5.32 Å². The van der Waals surface area contributed by atoms with Gasteiger partial charge in [0.15, 0.2) is 0 Å². The Labute approximate surface area is 102 Å². The number of carbonyl (C=O) groups is 1. The molecular formula is C11H12BrNO3. The summed E-state index contributed by atoms with van der Waals surface area (Å²) < 4.78 is 5.71. The Morgan fingerprint density at radius 3 is 2.94 bits per heavy atom. The van der Waals surface area contributed by atoms with Crippen LogP contribution in [0.2, 0.25) is 0 Å². The van der Waals surface area contributed by atoms with Crippen LogP contribution in [0.4, 0.5) is 5.88 Å². The van der Waals surface area contributed by atoms with Crippen LogP contribution < -0.4 is 5.32 Å². The van der Waals surface area contributed by atoms with Crippen LogP contribution in [0.3, 0.4) is 0 Å². The number of carboxylic acid groups (broad SMARTS) is 1. The fourth-order valence-electron chi connectivity index (χ4n) is 1.20. The average Bonchev–Trinajstić information content (AvgIpc) is 2.60. The molecule has 0 amide bonds. The van der Waals surface area contributed by atoms with Crippen molar-refractivity contribution >= 4 is 27.8 Å². The fraction of sp³-hybridized carbons (Fsp3) is 0.364. The van der Waals surface area contributed by atoms with E-state index in [-0.39, 0.29) is 11.8 Å². The molecule has 0 bridgehead atoms. The third-order valence-electron chi connectivity index (χ3n) is 2.09. The third kappa shape index (κ3) is 3.04. The van der Waals surface area contributed by atoms with Gasteiger partial charge in [-0.05, 0) is 22.4 Å². The first-order valence-electron chi connectivity index (χ1n) is 4.81. The van der Waals surface area contributed by atoms with Crippen molar-refractivity contribution in [2.24, 2.45) is 0 Å². The number of anilines is 1.